The Morgan fingerprint density at radius 2 is 2.00 bits per heavy atom. The zero-order valence-corrected chi connectivity index (χ0v) is 11.4. The number of hydrogen-bond donors (Lipinski definition) is 1. The lowest BCUT2D eigenvalue weighted by Crippen LogP contribution is -2.07. The normalized spacial score (nSPS) is 12.4. The third-order valence-electron chi connectivity index (χ3n) is 2.56. The lowest BCUT2D eigenvalue weighted by Gasteiger charge is -2.10. The summed E-state index contributed by atoms with van der Waals surface area (Å²) in [6.45, 7) is 3.70. The van der Waals surface area contributed by atoms with E-state index in [0.29, 0.717) is 32.2 Å². The van der Waals surface area contributed by atoms with Crippen LogP contribution in [0.15, 0.2) is 18.2 Å². The number of rotatable bonds is 9. The van der Waals surface area contributed by atoms with Crippen LogP contribution in [0.2, 0.25) is 0 Å². The molecule has 1 rings (SSSR count). The summed E-state index contributed by atoms with van der Waals surface area (Å²) in [6.07, 6.45) is -0.0908. The van der Waals surface area contributed by atoms with Crippen molar-refractivity contribution in [3.8, 4) is 5.75 Å². The lowest BCUT2D eigenvalue weighted by molar-refractivity contribution is 0.0644. The van der Waals surface area contributed by atoms with Gasteiger partial charge in [0.25, 0.3) is 0 Å². The highest BCUT2D eigenvalue weighted by atomic mass is 19.1. The van der Waals surface area contributed by atoms with Gasteiger partial charge in [-0.05, 0) is 19.1 Å². The van der Waals surface area contributed by atoms with Gasteiger partial charge in [0.1, 0.15) is 11.6 Å². The molecule has 1 aromatic rings. The summed E-state index contributed by atoms with van der Waals surface area (Å²) >= 11 is 0. The molecule has 0 aliphatic rings. The summed E-state index contributed by atoms with van der Waals surface area (Å²) in [4.78, 5) is 0. The highest BCUT2D eigenvalue weighted by Gasteiger charge is 2.08. The van der Waals surface area contributed by atoms with E-state index in [4.69, 9.17) is 14.2 Å². The summed E-state index contributed by atoms with van der Waals surface area (Å²) in [5.41, 5.74) is 0.273. The minimum absolute atomic E-state index is 0.273. The maximum absolute atomic E-state index is 13.5. The highest BCUT2D eigenvalue weighted by molar-refractivity contribution is 5.29. The minimum atomic E-state index is -0.816. The molecule has 0 aliphatic carbocycles. The first-order valence-corrected chi connectivity index (χ1v) is 6.32. The Bertz CT molecular complexity index is 368. The van der Waals surface area contributed by atoms with Crippen LogP contribution < -0.4 is 4.74 Å². The molecule has 0 radical (unpaired) electrons. The summed E-state index contributed by atoms with van der Waals surface area (Å²) in [7, 11) is 1.62. The number of methoxy groups -OCH3 is 1. The first-order chi connectivity index (χ1) is 9.15. The maximum atomic E-state index is 13.5. The Balaban J connectivity index is 2.25. The average molecular weight is 272 g/mol. The van der Waals surface area contributed by atoms with Gasteiger partial charge in [-0.2, -0.15) is 0 Å². The summed E-state index contributed by atoms with van der Waals surface area (Å²) in [5.74, 6) is 0.00244. The van der Waals surface area contributed by atoms with Crippen molar-refractivity contribution < 1.29 is 23.7 Å². The number of halogens is 1. The van der Waals surface area contributed by atoms with Crippen LogP contribution >= 0.6 is 0 Å². The Hall–Kier alpha value is -1.17. The van der Waals surface area contributed by atoms with Crippen LogP contribution in [0.4, 0.5) is 4.39 Å². The van der Waals surface area contributed by atoms with Gasteiger partial charge in [0.15, 0.2) is 0 Å². The quantitative estimate of drug-likeness (QED) is 0.701. The van der Waals surface area contributed by atoms with Crippen molar-refractivity contribution in [3.63, 3.8) is 0 Å². The molecule has 0 unspecified atom stereocenters. The van der Waals surface area contributed by atoms with E-state index in [-0.39, 0.29) is 5.56 Å². The van der Waals surface area contributed by atoms with Gasteiger partial charge in [-0.15, -0.1) is 0 Å². The molecule has 0 aliphatic heterocycles. The van der Waals surface area contributed by atoms with E-state index in [1.165, 1.54) is 19.1 Å². The first-order valence-electron chi connectivity index (χ1n) is 6.32. The van der Waals surface area contributed by atoms with Crippen molar-refractivity contribution in [1.82, 2.24) is 0 Å². The van der Waals surface area contributed by atoms with Crippen molar-refractivity contribution in [3.05, 3.63) is 29.6 Å². The number of aliphatic hydroxyl groups excluding tert-OH is 1. The second-order valence-electron chi connectivity index (χ2n) is 4.17. The van der Waals surface area contributed by atoms with Gasteiger partial charge >= 0.3 is 0 Å². The van der Waals surface area contributed by atoms with Crippen molar-refractivity contribution >= 4 is 0 Å². The molecule has 0 aromatic heterocycles. The van der Waals surface area contributed by atoms with Gasteiger partial charge in [0, 0.05) is 31.8 Å². The second-order valence-corrected chi connectivity index (χ2v) is 4.17. The molecule has 5 heteroatoms. The van der Waals surface area contributed by atoms with Crippen LogP contribution in [-0.2, 0) is 9.47 Å². The van der Waals surface area contributed by atoms with E-state index in [2.05, 4.69) is 0 Å². The topological polar surface area (TPSA) is 47.9 Å². The molecule has 0 saturated carbocycles. The summed E-state index contributed by atoms with van der Waals surface area (Å²) in [5, 5.41) is 9.30. The molecule has 0 fully saturated rings. The van der Waals surface area contributed by atoms with E-state index in [1.807, 2.05) is 0 Å². The molecule has 19 heavy (non-hydrogen) atoms. The smallest absolute Gasteiger partial charge is 0.132 e. The van der Waals surface area contributed by atoms with Crippen LogP contribution in [0.1, 0.15) is 25.0 Å². The van der Waals surface area contributed by atoms with E-state index in [1.54, 1.807) is 13.2 Å². The van der Waals surface area contributed by atoms with Gasteiger partial charge in [0.05, 0.1) is 25.9 Å². The predicted octanol–water partition coefficient (Wildman–Crippen LogP) is 2.31. The fourth-order valence-corrected chi connectivity index (χ4v) is 1.53. The number of benzene rings is 1. The molecule has 0 heterocycles. The van der Waals surface area contributed by atoms with Gasteiger partial charge in [0.2, 0.25) is 0 Å². The molecule has 0 saturated heterocycles. The van der Waals surface area contributed by atoms with Gasteiger partial charge in [-0.25, -0.2) is 4.39 Å². The standard InChI is InChI=1S/C14H21FO4/c1-11(16)13-5-4-12(10-14(13)15)19-7-3-6-18-9-8-17-2/h4-5,10-11,16H,3,6-9H2,1-2H3/t11-/m1/s1. The number of aliphatic hydroxyl groups is 1. The maximum Gasteiger partial charge on any atom is 0.132 e. The fourth-order valence-electron chi connectivity index (χ4n) is 1.53. The van der Waals surface area contributed by atoms with Crippen LogP contribution in [0.3, 0.4) is 0 Å². The Morgan fingerprint density at radius 3 is 2.63 bits per heavy atom. The molecule has 0 spiro atoms. The van der Waals surface area contributed by atoms with Crippen LogP contribution in [-0.4, -0.2) is 38.6 Å². The molecular formula is C14H21FO4. The molecule has 0 amide bonds. The van der Waals surface area contributed by atoms with Crippen molar-refractivity contribution in [1.29, 1.82) is 0 Å². The number of ether oxygens (including phenoxy) is 3. The van der Waals surface area contributed by atoms with Crippen LogP contribution in [0.25, 0.3) is 0 Å². The molecule has 1 N–H and O–H groups in total. The SMILES string of the molecule is COCCOCCCOc1ccc([C@@H](C)O)c(F)c1. The van der Waals surface area contributed by atoms with Crippen LogP contribution in [0.5, 0.6) is 5.75 Å². The third kappa shape index (κ3) is 6.00. The van der Waals surface area contributed by atoms with E-state index in [9.17, 15) is 9.50 Å². The highest BCUT2D eigenvalue weighted by Crippen LogP contribution is 2.21. The average Bonchev–Trinajstić information content (AvgIpc) is 2.37. The molecule has 1 aromatic carbocycles. The first kappa shape index (κ1) is 15.9. The Kier molecular flexibility index (Phi) is 7.40. The molecule has 1 atom stereocenters. The third-order valence-corrected chi connectivity index (χ3v) is 2.56. The fraction of sp³-hybridized carbons (Fsp3) is 0.571. The van der Waals surface area contributed by atoms with Gasteiger partial charge in [-0.1, -0.05) is 0 Å². The lowest BCUT2D eigenvalue weighted by atomic mass is 10.1. The molecular weight excluding hydrogens is 251 g/mol. The minimum Gasteiger partial charge on any atom is -0.493 e. The van der Waals surface area contributed by atoms with Crippen molar-refractivity contribution in [2.45, 2.75) is 19.4 Å². The van der Waals surface area contributed by atoms with E-state index < -0.39 is 11.9 Å². The van der Waals surface area contributed by atoms with Gasteiger partial charge in [-0.3, -0.25) is 0 Å². The van der Waals surface area contributed by atoms with Crippen LogP contribution in [0, 0.1) is 5.82 Å². The zero-order valence-electron chi connectivity index (χ0n) is 11.4. The predicted molar refractivity (Wildman–Crippen MR) is 69.8 cm³/mol. The van der Waals surface area contributed by atoms with Crippen molar-refractivity contribution in [2.24, 2.45) is 0 Å². The van der Waals surface area contributed by atoms with E-state index in [0.717, 1.165) is 6.42 Å². The Labute approximate surface area is 113 Å². The summed E-state index contributed by atoms with van der Waals surface area (Å²) in [6, 6.07) is 4.47. The number of hydrogen-bond acceptors (Lipinski definition) is 4. The van der Waals surface area contributed by atoms with Crippen molar-refractivity contribution in [2.75, 3.05) is 33.5 Å². The zero-order chi connectivity index (χ0) is 14.1. The van der Waals surface area contributed by atoms with Gasteiger partial charge < -0.3 is 19.3 Å². The second kappa shape index (κ2) is 8.85. The monoisotopic (exact) mass is 272 g/mol. The largest absolute Gasteiger partial charge is 0.493 e. The molecule has 0 bridgehead atoms. The molecule has 4 nitrogen and oxygen atoms in total. The molecule has 108 valence electrons. The summed E-state index contributed by atoms with van der Waals surface area (Å²) < 4.78 is 29.0. The Morgan fingerprint density at radius 1 is 1.21 bits per heavy atom. The van der Waals surface area contributed by atoms with E-state index >= 15 is 0 Å².